The molecule has 3 N–H and O–H groups in total. The number of amides is 1. The number of ether oxygens (including phenoxy) is 1. The summed E-state index contributed by atoms with van der Waals surface area (Å²) in [4.78, 5) is 36.1. The number of anilines is 1. The second-order valence-electron chi connectivity index (χ2n) is 7.63. The second kappa shape index (κ2) is 9.39. The van der Waals surface area contributed by atoms with E-state index in [1.54, 1.807) is 12.4 Å². The van der Waals surface area contributed by atoms with Gasteiger partial charge in [0.15, 0.2) is 5.52 Å². The molecule has 0 aliphatic carbocycles. The molecule has 0 unspecified atom stereocenters. The van der Waals surface area contributed by atoms with Gasteiger partial charge in [0.05, 0.1) is 23.5 Å². The van der Waals surface area contributed by atoms with Crippen LogP contribution in [-0.2, 0) is 11.3 Å². The number of fused-ring (bicyclic) bond motifs is 1. The molecule has 3 aromatic rings. The Morgan fingerprint density at radius 2 is 2.22 bits per heavy atom. The third-order valence-corrected chi connectivity index (χ3v) is 6.59. The lowest BCUT2D eigenvalue weighted by Gasteiger charge is -2.28. The van der Waals surface area contributed by atoms with Crippen molar-refractivity contribution in [2.75, 3.05) is 25.9 Å². The maximum Gasteiger partial charge on any atom is 0.294 e. The Balaban J connectivity index is 1.55. The molecule has 12 heteroatoms. The quantitative estimate of drug-likeness (QED) is 0.226. The van der Waals surface area contributed by atoms with Crippen LogP contribution in [0.1, 0.15) is 19.3 Å². The molecule has 4 rings (SSSR count). The number of nitro benzene ring substituents is 1. The molecule has 0 saturated carbocycles. The predicted molar refractivity (Wildman–Crippen MR) is 117 cm³/mol. The summed E-state index contributed by atoms with van der Waals surface area (Å²) in [7, 11) is 1.51. The molecule has 1 saturated heterocycles. The first kappa shape index (κ1) is 21.8. The molecule has 0 radical (unpaired) electrons. The zero-order valence-corrected chi connectivity index (χ0v) is 18.4. The SMILES string of the molecule is COc1ccc([N+](=O)[O-])cc1Sc1nc2c([nH]1)c(N)nc[n+]2CCC1CCN(C=O)CC1. The number of nitrogen functional groups attached to an aromatic ring is 1. The lowest BCUT2D eigenvalue weighted by atomic mass is 9.94. The van der Waals surface area contributed by atoms with Crippen molar-refractivity contribution in [1.82, 2.24) is 19.9 Å². The number of nitrogens with one attached hydrogen (secondary N) is 1. The van der Waals surface area contributed by atoms with Gasteiger partial charge in [-0.25, -0.2) is 4.57 Å². The molecule has 1 aliphatic rings. The number of nitrogens with two attached hydrogens (primary N) is 1. The second-order valence-corrected chi connectivity index (χ2v) is 8.66. The van der Waals surface area contributed by atoms with Gasteiger partial charge in [-0.2, -0.15) is 0 Å². The average Bonchev–Trinajstić information content (AvgIpc) is 3.23. The minimum absolute atomic E-state index is 0.0266. The fourth-order valence-corrected chi connectivity index (χ4v) is 4.75. The van der Waals surface area contributed by atoms with Gasteiger partial charge in [-0.15, -0.1) is 0 Å². The Morgan fingerprint density at radius 1 is 1.44 bits per heavy atom. The number of aromatic nitrogens is 4. The van der Waals surface area contributed by atoms with Gasteiger partial charge in [-0.3, -0.25) is 14.9 Å². The predicted octanol–water partition coefficient (Wildman–Crippen LogP) is 2.15. The van der Waals surface area contributed by atoms with E-state index in [-0.39, 0.29) is 5.69 Å². The number of likely N-dealkylation sites (tertiary alicyclic amines) is 1. The normalized spacial score (nSPS) is 14.6. The minimum Gasteiger partial charge on any atom is -0.496 e. The topological polar surface area (TPSA) is 144 Å². The number of hydrogen-bond acceptors (Lipinski definition) is 8. The van der Waals surface area contributed by atoms with Gasteiger partial charge in [-0.05, 0) is 43.0 Å². The fraction of sp³-hybridized carbons (Fsp3) is 0.400. The largest absolute Gasteiger partial charge is 0.496 e. The number of aryl methyl sites for hydroxylation is 1. The molecule has 3 heterocycles. The van der Waals surface area contributed by atoms with E-state index in [1.807, 2.05) is 9.47 Å². The summed E-state index contributed by atoms with van der Waals surface area (Å²) < 4.78 is 7.30. The molecule has 0 bridgehead atoms. The molecule has 0 atom stereocenters. The highest BCUT2D eigenvalue weighted by Gasteiger charge is 2.23. The van der Waals surface area contributed by atoms with Crippen LogP contribution in [0.2, 0.25) is 0 Å². The van der Waals surface area contributed by atoms with E-state index < -0.39 is 4.92 Å². The summed E-state index contributed by atoms with van der Waals surface area (Å²) in [5, 5.41) is 11.7. The Hall–Kier alpha value is -3.41. The monoisotopic (exact) mass is 458 g/mol. The number of benzene rings is 1. The summed E-state index contributed by atoms with van der Waals surface area (Å²) in [5.74, 6) is 1.39. The van der Waals surface area contributed by atoms with Crippen molar-refractivity contribution in [3.63, 3.8) is 0 Å². The van der Waals surface area contributed by atoms with Crippen molar-refractivity contribution >= 4 is 40.8 Å². The molecule has 2 aromatic heterocycles. The van der Waals surface area contributed by atoms with Crippen LogP contribution in [0.4, 0.5) is 11.5 Å². The van der Waals surface area contributed by atoms with E-state index >= 15 is 0 Å². The molecular weight excluding hydrogens is 434 g/mol. The number of methoxy groups -OCH3 is 1. The van der Waals surface area contributed by atoms with Gasteiger partial charge in [0, 0.05) is 25.2 Å². The number of carbonyl (C=O) groups excluding carboxylic acids is 1. The van der Waals surface area contributed by atoms with E-state index in [1.165, 1.54) is 31.0 Å². The lowest BCUT2D eigenvalue weighted by molar-refractivity contribution is -0.677. The number of piperidine rings is 1. The summed E-state index contributed by atoms with van der Waals surface area (Å²) in [5.41, 5.74) is 7.33. The highest BCUT2D eigenvalue weighted by molar-refractivity contribution is 7.99. The van der Waals surface area contributed by atoms with Gasteiger partial charge < -0.3 is 20.4 Å². The first-order valence-electron chi connectivity index (χ1n) is 10.2. The third kappa shape index (κ3) is 4.59. The molecule has 1 aromatic carbocycles. The number of nitrogens with zero attached hydrogens (tertiary/aromatic N) is 5. The lowest BCUT2D eigenvalue weighted by Crippen LogP contribution is -2.38. The van der Waals surface area contributed by atoms with Crippen molar-refractivity contribution < 1.29 is 19.0 Å². The molecule has 1 fully saturated rings. The molecule has 1 aliphatic heterocycles. The number of hydrogen-bond donors (Lipinski definition) is 2. The van der Waals surface area contributed by atoms with E-state index in [2.05, 4.69) is 15.0 Å². The first-order chi connectivity index (χ1) is 15.5. The van der Waals surface area contributed by atoms with Crippen LogP contribution >= 0.6 is 11.8 Å². The summed E-state index contributed by atoms with van der Waals surface area (Å²) in [6.45, 7) is 2.32. The molecular formula is C20H24N7O4S+. The Labute approximate surface area is 188 Å². The van der Waals surface area contributed by atoms with Gasteiger partial charge in [0.1, 0.15) is 5.75 Å². The molecule has 0 spiro atoms. The van der Waals surface area contributed by atoms with Crippen molar-refractivity contribution in [2.24, 2.45) is 5.92 Å². The van der Waals surface area contributed by atoms with Crippen molar-refractivity contribution in [1.29, 1.82) is 0 Å². The van der Waals surface area contributed by atoms with E-state index in [0.717, 1.165) is 45.3 Å². The zero-order chi connectivity index (χ0) is 22.7. The summed E-state index contributed by atoms with van der Waals surface area (Å²) in [6, 6.07) is 4.42. The summed E-state index contributed by atoms with van der Waals surface area (Å²) >= 11 is 1.23. The maximum absolute atomic E-state index is 11.2. The highest BCUT2D eigenvalue weighted by Crippen LogP contribution is 2.36. The van der Waals surface area contributed by atoms with Crippen molar-refractivity contribution in [2.45, 2.75) is 35.9 Å². The summed E-state index contributed by atoms with van der Waals surface area (Å²) in [6.07, 6.45) is 5.52. The first-order valence-corrected chi connectivity index (χ1v) is 11.0. The van der Waals surface area contributed by atoms with Crippen LogP contribution in [0.25, 0.3) is 11.2 Å². The number of rotatable bonds is 8. The standard InChI is InChI=1S/C20H23N7O4S/c1-31-15-3-2-14(27(29)30)10-16(15)32-20-23-17-18(21)22-11-26(19(17)24-20)9-6-13-4-7-25(12-28)8-5-13/h2-3,10-13H,4-9H2,1H3,(H2,21,23,24)/p+1. The smallest absolute Gasteiger partial charge is 0.294 e. The Kier molecular flexibility index (Phi) is 6.40. The number of non-ortho nitro benzene ring substituents is 1. The number of aromatic amines is 1. The molecule has 32 heavy (non-hydrogen) atoms. The van der Waals surface area contributed by atoms with E-state index in [9.17, 15) is 14.9 Å². The Morgan fingerprint density at radius 3 is 2.91 bits per heavy atom. The third-order valence-electron chi connectivity index (χ3n) is 5.67. The van der Waals surface area contributed by atoms with Crippen LogP contribution in [0.3, 0.4) is 0 Å². The van der Waals surface area contributed by atoms with Gasteiger partial charge in [-0.1, -0.05) is 9.97 Å². The number of imidazole rings is 1. The number of nitro groups is 1. The van der Waals surface area contributed by atoms with Crippen LogP contribution in [0, 0.1) is 16.0 Å². The van der Waals surface area contributed by atoms with Crippen molar-refractivity contribution in [3.05, 3.63) is 34.6 Å². The zero-order valence-electron chi connectivity index (χ0n) is 17.6. The minimum atomic E-state index is -0.447. The molecule has 11 nitrogen and oxygen atoms in total. The van der Waals surface area contributed by atoms with Gasteiger partial charge in [0.2, 0.25) is 23.7 Å². The number of carbonyl (C=O) groups is 1. The highest BCUT2D eigenvalue weighted by atomic mass is 32.2. The molecule has 168 valence electrons. The maximum atomic E-state index is 11.2. The van der Waals surface area contributed by atoms with Crippen LogP contribution in [-0.4, -0.2) is 51.4 Å². The van der Waals surface area contributed by atoms with Gasteiger partial charge >= 0.3 is 0 Å². The average molecular weight is 459 g/mol. The van der Waals surface area contributed by atoms with Crippen LogP contribution < -0.4 is 15.0 Å². The fourth-order valence-electron chi connectivity index (χ4n) is 3.82. The molecule has 1 amide bonds. The van der Waals surface area contributed by atoms with Crippen molar-refractivity contribution in [3.8, 4) is 5.75 Å². The van der Waals surface area contributed by atoms with E-state index in [0.29, 0.717) is 38.7 Å². The van der Waals surface area contributed by atoms with Gasteiger partial charge in [0.25, 0.3) is 11.3 Å². The Bertz CT molecular complexity index is 1140. The van der Waals surface area contributed by atoms with E-state index in [4.69, 9.17) is 10.5 Å². The number of H-pyrrole nitrogens is 1. The van der Waals surface area contributed by atoms with Crippen LogP contribution in [0.15, 0.2) is 34.6 Å². The van der Waals surface area contributed by atoms with Crippen LogP contribution in [0.5, 0.6) is 5.75 Å².